The maximum Gasteiger partial charge on any atom is 0.125 e. The van der Waals surface area contributed by atoms with Crippen LogP contribution in [0.1, 0.15) is 56.6 Å². The van der Waals surface area contributed by atoms with Crippen LogP contribution in [0.3, 0.4) is 0 Å². The molecule has 2 N–H and O–H groups in total. The SMILES string of the molecule is CCC1CCCC(N)(Cc2cc(Cl)cc3c2OCC3)CC1. The molecule has 1 aliphatic carbocycles. The molecular weight excluding hydrogens is 282 g/mol. The summed E-state index contributed by atoms with van der Waals surface area (Å²) in [6.45, 7) is 3.07. The molecule has 116 valence electrons. The van der Waals surface area contributed by atoms with Gasteiger partial charge in [0.05, 0.1) is 6.61 Å². The Morgan fingerprint density at radius 1 is 1.33 bits per heavy atom. The zero-order chi connectivity index (χ0) is 14.9. The van der Waals surface area contributed by atoms with Gasteiger partial charge in [-0.1, -0.05) is 37.8 Å². The maximum absolute atomic E-state index is 6.75. The molecule has 1 aliphatic heterocycles. The molecule has 1 heterocycles. The number of fused-ring (bicyclic) bond motifs is 1. The fourth-order valence-electron chi connectivity index (χ4n) is 3.95. The maximum atomic E-state index is 6.75. The van der Waals surface area contributed by atoms with Gasteiger partial charge in [-0.3, -0.25) is 0 Å². The van der Waals surface area contributed by atoms with E-state index in [1.165, 1.54) is 36.8 Å². The Kier molecular flexibility index (Phi) is 4.46. The Morgan fingerprint density at radius 2 is 2.19 bits per heavy atom. The number of ether oxygens (including phenoxy) is 1. The number of hydrogen-bond acceptors (Lipinski definition) is 2. The van der Waals surface area contributed by atoms with Crippen LogP contribution in [0, 0.1) is 5.92 Å². The third-order valence-corrected chi connectivity index (χ3v) is 5.50. The van der Waals surface area contributed by atoms with Crippen molar-refractivity contribution in [3.8, 4) is 5.75 Å². The molecule has 1 fully saturated rings. The van der Waals surface area contributed by atoms with Crippen molar-refractivity contribution in [3.05, 3.63) is 28.3 Å². The molecule has 2 unspecified atom stereocenters. The Morgan fingerprint density at radius 3 is 3.00 bits per heavy atom. The summed E-state index contributed by atoms with van der Waals surface area (Å²) >= 11 is 6.27. The lowest BCUT2D eigenvalue weighted by Crippen LogP contribution is -2.41. The molecule has 1 aromatic carbocycles. The molecule has 3 heteroatoms. The third-order valence-electron chi connectivity index (χ3n) is 5.28. The first kappa shape index (κ1) is 15.2. The van der Waals surface area contributed by atoms with Crippen LogP contribution in [0.15, 0.2) is 12.1 Å². The lowest BCUT2D eigenvalue weighted by Gasteiger charge is -2.29. The van der Waals surface area contributed by atoms with E-state index in [0.717, 1.165) is 49.0 Å². The van der Waals surface area contributed by atoms with Crippen LogP contribution in [-0.4, -0.2) is 12.1 Å². The molecule has 2 atom stereocenters. The Balaban J connectivity index is 1.80. The van der Waals surface area contributed by atoms with Gasteiger partial charge in [-0.05, 0) is 54.9 Å². The van der Waals surface area contributed by atoms with Crippen molar-refractivity contribution < 1.29 is 4.74 Å². The van der Waals surface area contributed by atoms with Gasteiger partial charge in [0.15, 0.2) is 0 Å². The van der Waals surface area contributed by atoms with Gasteiger partial charge in [0.2, 0.25) is 0 Å². The zero-order valence-corrected chi connectivity index (χ0v) is 13.7. The van der Waals surface area contributed by atoms with E-state index in [1.54, 1.807) is 0 Å². The van der Waals surface area contributed by atoms with Crippen LogP contribution in [0.5, 0.6) is 5.75 Å². The number of rotatable bonds is 3. The lowest BCUT2D eigenvalue weighted by molar-refractivity contribution is 0.333. The molecule has 0 saturated heterocycles. The normalized spacial score (nSPS) is 28.8. The first-order valence-electron chi connectivity index (χ1n) is 8.32. The first-order valence-corrected chi connectivity index (χ1v) is 8.70. The first-order chi connectivity index (χ1) is 10.1. The van der Waals surface area contributed by atoms with E-state index in [9.17, 15) is 0 Å². The second kappa shape index (κ2) is 6.18. The van der Waals surface area contributed by atoms with Gasteiger partial charge in [-0.15, -0.1) is 0 Å². The van der Waals surface area contributed by atoms with Crippen LogP contribution in [0.4, 0.5) is 0 Å². The monoisotopic (exact) mass is 307 g/mol. The summed E-state index contributed by atoms with van der Waals surface area (Å²) in [6, 6.07) is 4.10. The molecule has 3 rings (SSSR count). The van der Waals surface area contributed by atoms with Crippen LogP contribution in [-0.2, 0) is 12.8 Å². The van der Waals surface area contributed by atoms with Gasteiger partial charge >= 0.3 is 0 Å². The molecule has 0 radical (unpaired) electrons. The lowest BCUT2D eigenvalue weighted by atomic mass is 9.83. The minimum absolute atomic E-state index is 0.0890. The minimum atomic E-state index is -0.0890. The standard InChI is InChI=1S/C18H26ClNO/c1-2-13-4-3-7-18(20,8-5-13)12-15-11-16(19)10-14-6-9-21-17(14)15/h10-11,13H,2-9,12,20H2,1H3. The van der Waals surface area contributed by atoms with Crippen LogP contribution >= 0.6 is 11.6 Å². The highest BCUT2D eigenvalue weighted by Gasteiger charge is 2.31. The van der Waals surface area contributed by atoms with Gasteiger partial charge < -0.3 is 10.5 Å². The van der Waals surface area contributed by atoms with Crippen molar-refractivity contribution >= 4 is 11.6 Å². The van der Waals surface area contributed by atoms with Crippen LogP contribution in [0.2, 0.25) is 5.02 Å². The zero-order valence-electron chi connectivity index (χ0n) is 13.0. The van der Waals surface area contributed by atoms with Crippen molar-refractivity contribution in [1.29, 1.82) is 0 Å². The van der Waals surface area contributed by atoms with E-state index in [0.29, 0.717) is 0 Å². The Bertz CT molecular complexity index is 516. The van der Waals surface area contributed by atoms with Crippen molar-refractivity contribution in [2.24, 2.45) is 11.7 Å². The topological polar surface area (TPSA) is 35.2 Å². The highest BCUT2D eigenvalue weighted by molar-refractivity contribution is 6.30. The highest BCUT2D eigenvalue weighted by Crippen LogP contribution is 2.38. The summed E-state index contributed by atoms with van der Waals surface area (Å²) < 4.78 is 5.83. The average Bonchev–Trinajstić information content (AvgIpc) is 2.82. The fourth-order valence-corrected chi connectivity index (χ4v) is 4.21. The fraction of sp³-hybridized carbons (Fsp3) is 0.667. The summed E-state index contributed by atoms with van der Waals surface area (Å²) in [5, 5.41) is 0.818. The van der Waals surface area contributed by atoms with E-state index in [2.05, 4.69) is 13.0 Å². The molecule has 1 aromatic rings. The number of hydrogen-bond donors (Lipinski definition) is 1. The minimum Gasteiger partial charge on any atom is -0.493 e. The smallest absolute Gasteiger partial charge is 0.125 e. The van der Waals surface area contributed by atoms with E-state index < -0.39 is 0 Å². The number of nitrogens with two attached hydrogens (primary N) is 1. The van der Waals surface area contributed by atoms with Crippen LogP contribution in [0.25, 0.3) is 0 Å². The summed E-state index contributed by atoms with van der Waals surface area (Å²) in [5.41, 5.74) is 9.13. The molecule has 2 aliphatic rings. The summed E-state index contributed by atoms with van der Waals surface area (Å²) in [5.74, 6) is 1.91. The molecule has 0 spiro atoms. The Labute approximate surface area is 133 Å². The molecule has 0 bridgehead atoms. The number of benzene rings is 1. The molecule has 0 aromatic heterocycles. The van der Waals surface area contributed by atoms with Crippen LogP contribution < -0.4 is 10.5 Å². The highest BCUT2D eigenvalue weighted by atomic mass is 35.5. The number of halogens is 1. The predicted octanol–water partition coefficient (Wildman–Crippen LogP) is 4.51. The predicted molar refractivity (Wildman–Crippen MR) is 88.1 cm³/mol. The molecular formula is C18H26ClNO. The van der Waals surface area contributed by atoms with Gasteiger partial charge in [-0.25, -0.2) is 0 Å². The van der Waals surface area contributed by atoms with E-state index >= 15 is 0 Å². The summed E-state index contributed by atoms with van der Waals surface area (Å²) in [7, 11) is 0. The van der Waals surface area contributed by atoms with Crippen molar-refractivity contribution in [1.82, 2.24) is 0 Å². The molecule has 21 heavy (non-hydrogen) atoms. The van der Waals surface area contributed by atoms with E-state index in [1.807, 2.05) is 6.07 Å². The van der Waals surface area contributed by atoms with Crippen molar-refractivity contribution in [2.75, 3.05) is 6.61 Å². The second-order valence-electron chi connectivity index (χ2n) is 6.90. The summed E-state index contributed by atoms with van der Waals surface area (Å²) in [6.07, 6.45) is 9.23. The molecule has 0 amide bonds. The molecule has 2 nitrogen and oxygen atoms in total. The Hall–Kier alpha value is -0.730. The van der Waals surface area contributed by atoms with Gasteiger partial charge in [0, 0.05) is 17.0 Å². The van der Waals surface area contributed by atoms with Gasteiger partial charge in [0.25, 0.3) is 0 Å². The largest absolute Gasteiger partial charge is 0.493 e. The third kappa shape index (κ3) is 3.37. The van der Waals surface area contributed by atoms with Crippen molar-refractivity contribution in [3.63, 3.8) is 0 Å². The second-order valence-corrected chi connectivity index (χ2v) is 7.33. The van der Waals surface area contributed by atoms with Crippen molar-refractivity contribution in [2.45, 2.75) is 63.8 Å². The van der Waals surface area contributed by atoms with Gasteiger partial charge in [-0.2, -0.15) is 0 Å². The molecule has 1 saturated carbocycles. The quantitative estimate of drug-likeness (QED) is 0.834. The van der Waals surface area contributed by atoms with E-state index in [4.69, 9.17) is 22.1 Å². The average molecular weight is 308 g/mol. The van der Waals surface area contributed by atoms with E-state index in [-0.39, 0.29) is 5.54 Å². The summed E-state index contributed by atoms with van der Waals surface area (Å²) in [4.78, 5) is 0. The van der Waals surface area contributed by atoms with Gasteiger partial charge in [0.1, 0.15) is 5.75 Å².